The lowest BCUT2D eigenvalue weighted by atomic mass is 9.99. The third kappa shape index (κ3) is 3.81. The van der Waals surface area contributed by atoms with Crippen molar-refractivity contribution in [1.29, 1.82) is 0 Å². The highest BCUT2D eigenvalue weighted by Crippen LogP contribution is 2.27. The van der Waals surface area contributed by atoms with Gasteiger partial charge in [0.1, 0.15) is 5.54 Å². The van der Waals surface area contributed by atoms with Crippen molar-refractivity contribution in [1.82, 2.24) is 10.6 Å². The number of aliphatic carboxylic acids is 1. The number of carboxylic acid groups (broad SMARTS) is 1. The molecule has 5 heteroatoms. The van der Waals surface area contributed by atoms with Gasteiger partial charge in [0.05, 0.1) is 6.54 Å². The monoisotopic (exact) mass is 228 g/mol. The molecule has 0 aliphatic heterocycles. The van der Waals surface area contributed by atoms with Crippen LogP contribution in [0.4, 0.5) is 0 Å². The summed E-state index contributed by atoms with van der Waals surface area (Å²) in [7, 11) is 0. The molecule has 1 aliphatic rings. The van der Waals surface area contributed by atoms with Gasteiger partial charge in [-0.1, -0.05) is 6.92 Å². The lowest BCUT2D eigenvalue weighted by molar-refractivity contribution is -0.146. The van der Waals surface area contributed by atoms with E-state index in [9.17, 15) is 9.59 Å². The molecule has 1 aliphatic carbocycles. The van der Waals surface area contributed by atoms with Crippen LogP contribution in [0.3, 0.4) is 0 Å². The van der Waals surface area contributed by atoms with E-state index < -0.39 is 11.5 Å². The van der Waals surface area contributed by atoms with Crippen LogP contribution in [0.1, 0.15) is 33.1 Å². The molecule has 5 nitrogen and oxygen atoms in total. The highest BCUT2D eigenvalue weighted by molar-refractivity contribution is 5.87. The zero-order valence-electron chi connectivity index (χ0n) is 9.88. The summed E-state index contributed by atoms with van der Waals surface area (Å²) in [4.78, 5) is 22.4. The van der Waals surface area contributed by atoms with E-state index in [0.29, 0.717) is 12.3 Å². The van der Waals surface area contributed by atoms with Crippen LogP contribution in [0.25, 0.3) is 0 Å². The summed E-state index contributed by atoms with van der Waals surface area (Å²) in [6.07, 6.45) is 2.84. The molecule has 0 saturated heterocycles. The Morgan fingerprint density at radius 3 is 2.50 bits per heavy atom. The fourth-order valence-electron chi connectivity index (χ4n) is 1.36. The molecule has 0 radical (unpaired) electrons. The molecule has 0 heterocycles. The fourth-order valence-corrected chi connectivity index (χ4v) is 1.36. The molecule has 0 bridgehead atoms. The first-order valence-corrected chi connectivity index (χ1v) is 5.73. The highest BCUT2D eigenvalue weighted by atomic mass is 16.4. The van der Waals surface area contributed by atoms with Crippen LogP contribution in [-0.4, -0.2) is 35.6 Å². The van der Waals surface area contributed by atoms with E-state index in [2.05, 4.69) is 10.6 Å². The molecule has 92 valence electrons. The number of nitrogens with one attached hydrogen (secondary N) is 2. The number of hydrogen-bond donors (Lipinski definition) is 3. The molecular formula is C11H20N2O3. The SMILES string of the molecule is CCC(C)(NC(=O)CNCC1CC1)C(=O)O. The van der Waals surface area contributed by atoms with Gasteiger partial charge in [0.25, 0.3) is 0 Å². The molecule has 1 unspecified atom stereocenters. The van der Waals surface area contributed by atoms with Gasteiger partial charge in [-0.05, 0) is 38.6 Å². The molecule has 0 aromatic carbocycles. The molecular weight excluding hydrogens is 208 g/mol. The van der Waals surface area contributed by atoms with Crippen LogP contribution in [0.5, 0.6) is 0 Å². The van der Waals surface area contributed by atoms with Crippen molar-refractivity contribution in [3.8, 4) is 0 Å². The van der Waals surface area contributed by atoms with Crippen LogP contribution >= 0.6 is 0 Å². The second-order valence-electron chi connectivity index (χ2n) is 4.61. The van der Waals surface area contributed by atoms with Gasteiger partial charge in [-0.15, -0.1) is 0 Å². The quantitative estimate of drug-likeness (QED) is 0.587. The Labute approximate surface area is 95.6 Å². The topological polar surface area (TPSA) is 78.4 Å². The predicted octanol–water partition coefficient (Wildman–Crippen LogP) is 0.355. The predicted molar refractivity (Wildman–Crippen MR) is 60.1 cm³/mol. The summed E-state index contributed by atoms with van der Waals surface area (Å²) in [6, 6.07) is 0. The van der Waals surface area contributed by atoms with Crippen molar-refractivity contribution in [3.05, 3.63) is 0 Å². The summed E-state index contributed by atoms with van der Waals surface area (Å²) in [6.45, 7) is 4.31. The summed E-state index contributed by atoms with van der Waals surface area (Å²) < 4.78 is 0. The maximum absolute atomic E-state index is 11.5. The minimum absolute atomic E-state index is 0.194. The number of amides is 1. The zero-order valence-corrected chi connectivity index (χ0v) is 9.88. The molecule has 16 heavy (non-hydrogen) atoms. The van der Waals surface area contributed by atoms with Gasteiger partial charge < -0.3 is 15.7 Å². The van der Waals surface area contributed by atoms with E-state index in [0.717, 1.165) is 6.54 Å². The second-order valence-corrected chi connectivity index (χ2v) is 4.61. The third-order valence-electron chi connectivity index (χ3n) is 3.01. The van der Waals surface area contributed by atoms with Gasteiger partial charge in [0.2, 0.25) is 5.91 Å². The highest BCUT2D eigenvalue weighted by Gasteiger charge is 2.32. The number of carbonyl (C=O) groups is 2. The summed E-state index contributed by atoms with van der Waals surface area (Å²) in [5, 5.41) is 14.5. The third-order valence-corrected chi connectivity index (χ3v) is 3.01. The summed E-state index contributed by atoms with van der Waals surface area (Å²) in [5.41, 5.74) is -1.15. The molecule has 0 spiro atoms. The Morgan fingerprint density at radius 2 is 2.06 bits per heavy atom. The molecule has 1 saturated carbocycles. The second kappa shape index (κ2) is 5.30. The van der Waals surface area contributed by atoms with E-state index >= 15 is 0 Å². The molecule has 1 rings (SSSR count). The lowest BCUT2D eigenvalue weighted by Crippen LogP contribution is -2.53. The number of carboxylic acids is 1. The Hall–Kier alpha value is -1.10. The van der Waals surface area contributed by atoms with Gasteiger partial charge in [0, 0.05) is 0 Å². The van der Waals surface area contributed by atoms with Gasteiger partial charge >= 0.3 is 5.97 Å². The Morgan fingerprint density at radius 1 is 1.44 bits per heavy atom. The number of carbonyl (C=O) groups excluding carboxylic acids is 1. The van der Waals surface area contributed by atoms with Crippen LogP contribution < -0.4 is 10.6 Å². The smallest absolute Gasteiger partial charge is 0.329 e. The minimum atomic E-state index is -1.15. The van der Waals surface area contributed by atoms with Gasteiger partial charge in [0.15, 0.2) is 0 Å². The minimum Gasteiger partial charge on any atom is -0.480 e. The van der Waals surface area contributed by atoms with E-state index in [1.807, 2.05) is 0 Å². The maximum atomic E-state index is 11.5. The Kier molecular flexibility index (Phi) is 4.29. The van der Waals surface area contributed by atoms with Crippen LogP contribution in [-0.2, 0) is 9.59 Å². The maximum Gasteiger partial charge on any atom is 0.329 e. The van der Waals surface area contributed by atoms with Crippen molar-refractivity contribution in [3.63, 3.8) is 0 Å². The van der Waals surface area contributed by atoms with Crippen molar-refractivity contribution in [2.24, 2.45) is 5.92 Å². The summed E-state index contributed by atoms with van der Waals surface area (Å²) >= 11 is 0. The van der Waals surface area contributed by atoms with Crippen LogP contribution in [0.2, 0.25) is 0 Å². The van der Waals surface area contributed by atoms with E-state index in [-0.39, 0.29) is 12.5 Å². The Bertz CT molecular complexity index is 276. The largest absolute Gasteiger partial charge is 0.480 e. The van der Waals surface area contributed by atoms with Crippen LogP contribution in [0, 0.1) is 5.92 Å². The molecule has 0 aromatic rings. The molecule has 1 fully saturated rings. The van der Waals surface area contributed by atoms with Crippen molar-refractivity contribution < 1.29 is 14.7 Å². The van der Waals surface area contributed by atoms with Gasteiger partial charge in [-0.25, -0.2) is 4.79 Å². The fraction of sp³-hybridized carbons (Fsp3) is 0.818. The van der Waals surface area contributed by atoms with Crippen LogP contribution in [0.15, 0.2) is 0 Å². The van der Waals surface area contributed by atoms with E-state index in [1.54, 1.807) is 6.92 Å². The average molecular weight is 228 g/mol. The molecule has 1 atom stereocenters. The zero-order chi connectivity index (χ0) is 12.2. The van der Waals surface area contributed by atoms with E-state index in [4.69, 9.17) is 5.11 Å². The van der Waals surface area contributed by atoms with Gasteiger partial charge in [-0.3, -0.25) is 4.79 Å². The lowest BCUT2D eigenvalue weighted by Gasteiger charge is -2.24. The first kappa shape index (κ1) is 13.0. The summed E-state index contributed by atoms with van der Waals surface area (Å²) in [5.74, 6) is -0.539. The molecule has 3 N–H and O–H groups in total. The normalized spacial score (nSPS) is 18.9. The molecule has 0 aromatic heterocycles. The van der Waals surface area contributed by atoms with Crippen molar-refractivity contribution >= 4 is 11.9 Å². The van der Waals surface area contributed by atoms with Crippen molar-refractivity contribution in [2.75, 3.05) is 13.1 Å². The number of rotatable bonds is 7. The first-order valence-electron chi connectivity index (χ1n) is 5.73. The molecule has 1 amide bonds. The Balaban J connectivity index is 2.27. The van der Waals surface area contributed by atoms with E-state index in [1.165, 1.54) is 19.8 Å². The van der Waals surface area contributed by atoms with Gasteiger partial charge in [-0.2, -0.15) is 0 Å². The van der Waals surface area contributed by atoms with Crippen molar-refractivity contribution in [2.45, 2.75) is 38.6 Å². The number of hydrogen-bond acceptors (Lipinski definition) is 3. The average Bonchev–Trinajstić information content (AvgIpc) is 3.01. The standard InChI is InChI=1S/C11H20N2O3/c1-3-11(2,10(15)16)13-9(14)7-12-6-8-4-5-8/h8,12H,3-7H2,1-2H3,(H,13,14)(H,15,16). The first-order chi connectivity index (χ1) is 7.48.